The molecule has 0 bridgehead atoms. The standard InChI is InChI=1S/C18H14BrN3O/c19-13-8-6-11(7-9-13)14-10-15(12-4-2-1-3-5-12)22-17(20)16(14)18(21)23/h1-10H,(H2,20,22)(H2,21,23). The number of hydrogen-bond acceptors (Lipinski definition) is 3. The van der Waals surface area contributed by atoms with Crippen LogP contribution in [0.15, 0.2) is 65.1 Å². The molecule has 1 aromatic heterocycles. The zero-order chi connectivity index (χ0) is 16.4. The zero-order valence-electron chi connectivity index (χ0n) is 12.2. The van der Waals surface area contributed by atoms with Crippen molar-refractivity contribution in [3.8, 4) is 22.4 Å². The molecular formula is C18H14BrN3O. The van der Waals surface area contributed by atoms with Crippen LogP contribution in [0, 0.1) is 0 Å². The first kappa shape index (κ1) is 15.2. The van der Waals surface area contributed by atoms with E-state index in [-0.39, 0.29) is 11.4 Å². The maximum atomic E-state index is 11.8. The number of hydrogen-bond donors (Lipinski definition) is 2. The van der Waals surface area contributed by atoms with Crippen LogP contribution >= 0.6 is 15.9 Å². The molecule has 1 amide bonds. The first-order chi connectivity index (χ1) is 11.1. The van der Waals surface area contributed by atoms with E-state index in [1.807, 2.05) is 60.7 Å². The minimum absolute atomic E-state index is 0.136. The maximum Gasteiger partial charge on any atom is 0.253 e. The molecule has 0 saturated heterocycles. The monoisotopic (exact) mass is 367 g/mol. The van der Waals surface area contributed by atoms with Gasteiger partial charge in [-0.05, 0) is 23.8 Å². The molecule has 4 N–H and O–H groups in total. The van der Waals surface area contributed by atoms with Crippen molar-refractivity contribution in [1.29, 1.82) is 0 Å². The number of nitrogens with two attached hydrogens (primary N) is 2. The van der Waals surface area contributed by atoms with Crippen LogP contribution in [0.5, 0.6) is 0 Å². The fourth-order valence-electron chi connectivity index (χ4n) is 2.44. The van der Waals surface area contributed by atoms with Gasteiger partial charge in [0.2, 0.25) is 0 Å². The van der Waals surface area contributed by atoms with Gasteiger partial charge in [0.1, 0.15) is 5.82 Å². The van der Waals surface area contributed by atoms with E-state index in [0.717, 1.165) is 15.6 Å². The van der Waals surface area contributed by atoms with E-state index in [1.54, 1.807) is 0 Å². The van der Waals surface area contributed by atoms with Gasteiger partial charge in [0.25, 0.3) is 5.91 Å². The smallest absolute Gasteiger partial charge is 0.253 e. The second kappa shape index (κ2) is 6.22. The van der Waals surface area contributed by atoms with E-state index in [0.29, 0.717) is 11.3 Å². The lowest BCUT2D eigenvalue weighted by Gasteiger charge is -2.12. The SMILES string of the molecule is NC(=O)c1c(-c2ccc(Br)cc2)cc(-c2ccccc2)nc1N. The molecule has 2 aromatic carbocycles. The molecule has 0 aliphatic heterocycles. The summed E-state index contributed by atoms with van der Waals surface area (Å²) < 4.78 is 0.951. The van der Waals surface area contributed by atoms with Crippen LogP contribution < -0.4 is 11.5 Å². The van der Waals surface area contributed by atoms with Gasteiger partial charge in [0, 0.05) is 15.6 Å². The second-order valence-corrected chi connectivity index (χ2v) is 5.97. The number of rotatable bonds is 3. The number of amides is 1. The molecule has 0 radical (unpaired) electrons. The number of pyridine rings is 1. The van der Waals surface area contributed by atoms with Crippen molar-refractivity contribution in [3.63, 3.8) is 0 Å². The summed E-state index contributed by atoms with van der Waals surface area (Å²) in [6, 6.07) is 19.1. The lowest BCUT2D eigenvalue weighted by atomic mass is 9.97. The fraction of sp³-hybridized carbons (Fsp3) is 0. The number of anilines is 1. The van der Waals surface area contributed by atoms with Gasteiger partial charge in [-0.2, -0.15) is 0 Å². The highest BCUT2D eigenvalue weighted by molar-refractivity contribution is 9.10. The molecule has 0 fully saturated rings. The summed E-state index contributed by atoms with van der Waals surface area (Å²) in [5.41, 5.74) is 14.9. The van der Waals surface area contributed by atoms with E-state index >= 15 is 0 Å². The van der Waals surface area contributed by atoms with E-state index < -0.39 is 5.91 Å². The third-order valence-corrected chi connectivity index (χ3v) is 4.05. The predicted octanol–water partition coefficient (Wildman–Crippen LogP) is 3.86. The van der Waals surface area contributed by atoms with Gasteiger partial charge in [-0.25, -0.2) is 4.98 Å². The van der Waals surface area contributed by atoms with Crippen molar-refractivity contribution >= 4 is 27.7 Å². The van der Waals surface area contributed by atoms with Gasteiger partial charge in [-0.15, -0.1) is 0 Å². The number of aromatic nitrogens is 1. The average molecular weight is 368 g/mol. The van der Waals surface area contributed by atoms with Crippen molar-refractivity contribution in [1.82, 2.24) is 4.98 Å². The molecule has 0 aliphatic carbocycles. The van der Waals surface area contributed by atoms with Crippen molar-refractivity contribution in [3.05, 3.63) is 70.7 Å². The van der Waals surface area contributed by atoms with Crippen LogP contribution in [0.25, 0.3) is 22.4 Å². The van der Waals surface area contributed by atoms with Crippen LogP contribution in [0.4, 0.5) is 5.82 Å². The van der Waals surface area contributed by atoms with E-state index in [4.69, 9.17) is 11.5 Å². The molecule has 23 heavy (non-hydrogen) atoms. The van der Waals surface area contributed by atoms with Crippen LogP contribution in [0.3, 0.4) is 0 Å². The van der Waals surface area contributed by atoms with Crippen LogP contribution in [-0.2, 0) is 0 Å². The van der Waals surface area contributed by atoms with Gasteiger partial charge in [0.15, 0.2) is 0 Å². The largest absolute Gasteiger partial charge is 0.383 e. The van der Waals surface area contributed by atoms with Crippen LogP contribution in [0.1, 0.15) is 10.4 Å². The van der Waals surface area contributed by atoms with Gasteiger partial charge in [-0.3, -0.25) is 4.79 Å². The molecule has 0 unspecified atom stereocenters. The number of primary amides is 1. The molecule has 0 spiro atoms. The zero-order valence-corrected chi connectivity index (χ0v) is 13.7. The van der Waals surface area contributed by atoms with Gasteiger partial charge >= 0.3 is 0 Å². The molecule has 0 saturated carbocycles. The Hall–Kier alpha value is -2.66. The number of carbonyl (C=O) groups is 1. The second-order valence-electron chi connectivity index (χ2n) is 5.05. The Kier molecular flexibility index (Phi) is 4.12. The molecule has 3 aromatic rings. The summed E-state index contributed by atoms with van der Waals surface area (Å²) in [6.45, 7) is 0. The Morgan fingerprint density at radius 1 is 0.957 bits per heavy atom. The highest BCUT2D eigenvalue weighted by Crippen LogP contribution is 2.32. The van der Waals surface area contributed by atoms with E-state index in [1.165, 1.54) is 0 Å². The first-order valence-electron chi connectivity index (χ1n) is 6.98. The summed E-state index contributed by atoms with van der Waals surface area (Å²) in [4.78, 5) is 16.2. The summed E-state index contributed by atoms with van der Waals surface area (Å²) >= 11 is 3.40. The first-order valence-corrected chi connectivity index (χ1v) is 7.77. The van der Waals surface area contributed by atoms with Gasteiger partial charge < -0.3 is 11.5 Å². The molecule has 0 atom stereocenters. The lowest BCUT2D eigenvalue weighted by molar-refractivity contribution is 0.100. The van der Waals surface area contributed by atoms with Crippen molar-refractivity contribution in [2.24, 2.45) is 5.73 Å². The number of benzene rings is 2. The number of nitrogen functional groups attached to an aromatic ring is 1. The third-order valence-electron chi connectivity index (χ3n) is 3.52. The van der Waals surface area contributed by atoms with Gasteiger partial charge in [0.05, 0.1) is 11.3 Å². The van der Waals surface area contributed by atoms with Crippen molar-refractivity contribution in [2.75, 3.05) is 5.73 Å². The normalized spacial score (nSPS) is 10.5. The van der Waals surface area contributed by atoms with Crippen molar-refractivity contribution in [2.45, 2.75) is 0 Å². The number of carbonyl (C=O) groups excluding carboxylic acids is 1. The lowest BCUT2D eigenvalue weighted by Crippen LogP contribution is -2.16. The molecule has 4 nitrogen and oxygen atoms in total. The molecule has 0 aliphatic rings. The molecule has 5 heteroatoms. The third kappa shape index (κ3) is 3.10. The Morgan fingerprint density at radius 3 is 2.22 bits per heavy atom. The summed E-state index contributed by atoms with van der Waals surface area (Å²) in [5.74, 6) is -0.454. The number of nitrogens with zero attached hydrogens (tertiary/aromatic N) is 1. The molecule has 1 heterocycles. The minimum Gasteiger partial charge on any atom is -0.383 e. The molecule has 114 valence electrons. The summed E-state index contributed by atoms with van der Waals surface area (Å²) in [6.07, 6.45) is 0. The van der Waals surface area contributed by atoms with Crippen LogP contribution in [0.2, 0.25) is 0 Å². The van der Waals surface area contributed by atoms with Crippen LogP contribution in [-0.4, -0.2) is 10.9 Å². The Morgan fingerprint density at radius 2 is 1.61 bits per heavy atom. The summed E-state index contributed by atoms with van der Waals surface area (Å²) in [7, 11) is 0. The highest BCUT2D eigenvalue weighted by Gasteiger charge is 2.17. The maximum absolute atomic E-state index is 11.8. The Bertz CT molecular complexity index is 861. The summed E-state index contributed by atoms with van der Waals surface area (Å²) in [5, 5.41) is 0. The van der Waals surface area contributed by atoms with E-state index in [2.05, 4.69) is 20.9 Å². The fourth-order valence-corrected chi connectivity index (χ4v) is 2.70. The Labute approximate surface area is 142 Å². The van der Waals surface area contributed by atoms with Gasteiger partial charge in [-0.1, -0.05) is 58.4 Å². The molecular weight excluding hydrogens is 354 g/mol. The minimum atomic E-state index is -0.590. The van der Waals surface area contributed by atoms with Crippen molar-refractivity contribution < 1.29 is 4.79 Å². The quantitative estimate of drug-likeness (QED) is 0.737. The topological polar surface area (TPSA) is 82.0 Å². The van der Waals surface area contributed by atoms with E-state index in [9.17, 15) is 4.79 Å². The highest BCUT2D eigenvalue weighted by atomic mass is 79.9. The Balaban J connectivity index is 2.25. The predicted molar refractivity (Wildman–Crippen MR) is 95.7 cm³/mol. The molecule has 3 rings (SSSR count). The number of halogens is 1. The average Bonchev–Trinajstić information content (AvgIpc) is 2.55.